The fourth-order valence-corrected chi connectivity index (χ4v) is 4.43. The molecule has 1 aliphatic heterocycles. The topological polar surface area (TPSA) is 129 Å². The highest BCUT2D eigenvalue weighted by atomic mass is 35.5. The molecule has 2 heterocycles. The summed E-state index contributed by atoms with van der Waals surface area (Å²) in [6, 6.07) is 3.60. The molecule has 3 rings (SSSR count). The van der Waals surface area contributed by atoms with Gasteiger partial charge in [0.05, 0.1) is 6.04 Å². The number of hydrogen-bond acceptors (Lipinski definition) is 6. The van der Waals surface area contributed by atoms with Gasteiger partial charge in [0.1, 0.15) is 22.3 Å². The van der Waals surface area contributed by atoms with Gasteiger partial charge in [-0.05, 0) is 38.0 Å². The van der Waals surface area contributed by atoms with Crippen LogP contribution < -0.4 is 15.2 Å². The van der Waals surface area contributed by atoms with Crippen LogP contribution in [-0.2, 0) is 21.4 Å². The zero-order valence-corrected chi connectivity index (χ0v) is 15.5. The monoisotopic (exact) mass is 399 g/mol. The molecule has 0 bridgehead atoms. The Morgan fingerprint density at radius 2 is 2.27 bits per heavy atom. The van der Waals surface area contributed by atoms with E-state index in [1.165, 1.54) is 18.2 Å². The van der Waals surface area contributed by atoms with Crippen LogP contribution in [0.5, 0.6) is 5.75 Å². The van der Waals surface area contributed by atoms with E-state index in [0.29, 0.717) is 24.6 Å². The lowest BCUT2D eigenvalue weighted by Crippen LogP contribution is -2.33. The van der Waals surface area contributed by atoms with E-state index in [2.05, 4.69) is 14.8 Å². The zero-order valence-electron chi connectivity index (χ0n) is 14.0. The van der Waals surface area contributed by atoms with E-state index >= 15 is 0 Å². The van der Waals surface area contributed by atoms with Crippen molar-refractivity contribution in [3.8, 4) is 5.75 Å². The average molecular weight is 400 g/mol. The number of sulfonamides is 1. The van der Waals surface area contributed by atoms with Gasteiger partial charge in [-0.25, -0.2) is 22.8 Å². The maximum absolute atomic E-state index is 12.9. The summed E-state index contributed by atoms with van der Waals surface area (Å²) >= 11 is 5.95. The van der Waals surface area contributed by atoms with Gasteiger partial charge in [-0.1, -0.05) is 11.6 Å². The lowest BCUT2D eigenvalue weighted by atomic mass is 10.1. The van der Waals surface area contributed by atoms with E-state index in [9.17, 15) is 13.2 Å². The second-order valence-electron chi connectivity index (χ2n) is 5.90. The minimum Gasteiger partial charge on any atom is -0.482 e. The number of nitrogens with zero attached hydrogens (tertiary/aromatic N) is 3. The number of benzene rings is 1. The van der Waals surface area contributed by atoms with Gasteiger partial charge >= 0.3 is 0 Å². The number of primary amides is 1. The molecule has 26 heavy (non-hydrogen) atoms. The summed E-state index contributed by atoms with van der Waals surface area (Å²) in [6.07, 6.45) is 1.36. The van der Waals surface area contributed by atoms with Crippen molar-refractivity contribution in [2.45, 2.75) is 37.2 Å². The van der Waals surface area contributed by atoms with Crippen LogP contribution >= 0.6 is 11.6 Å². The summed E-state index contributed by atoms with van der Waals surface area (Å²) in [4.78, 5) is 15.1. The van der Waals surface area contributed by atoms with Crippen molar-refractivity contribution < 1.29 is 17.9 Å². The second kappa shape index (κ2) is 7.22. The Morgan fingerprint density at radius 3 is 3.00 bits per heavy atom. The highest BCUT2D eigenvalue weighted by Gasteiger charge is 2.30. The predicted octanol–water partition coefficient (Wildman–Crippen LogP) is 0.917. The summed E-state index contributed by atoms with van der Waals surface area (Å²) in [7, 11) is -3.99. The normalized spacial score (nSPS) is 16.9. The van der Waals surface area contributed by atoms with Crippen molar-refractivity contribution in [3.63, 3.8) is 0 Å². The van der Waals surface area contributed by atoms with E-state index in [4.69, 9.17) is 22.1 Å². The molecule has 9 nitrogen and oxygen atoms in total. The van der Waals surface area contributed by atoms with Gasteiger partial charge in [0.25, 0.3) is 5.91 Å². The highest BCUT2D eigenvalue weighted by molar-refractivity contribution is 7.89. The molecule has 1 aliphatic rings. The van der Waals surface area contributed by atoms with Crippen LogP contribution in [0.15, 0.2) is 23.1 Å². The third kappa shape index (κ3) is 3.97. The number of nitrogens with one attached hydrogen (secondary N) is 1. The molecule has 0 radical (unpaired) electrons. The predicted molar refractivity (Wildman–Crippen MR) is 93.2 cm³/mol. The van der Waals surface area contributed by atoms with E-state index < -0.39 is 28.6 Å². The summed E-state index contributed by atoms with van der Waals surface area (Å²) in [5.41, 5.74) is 5.06. The van der Waals surface area contributed by atoms with Gasteiger partial charge in [0.15, 0.2) is 6.61 Å². The van der Waals surface area contributed by atoms with Crippen molar-refractivity contribution >= 4 is 27.5 Å². The summed E-state index contributed by atoms with van der Waals surface area (Å²) < 4.78 is 35.4. The van der Waals surface area contributed by atoms with Gasteiger partial charge in [-0.3, -0.25) is 4.79 Å². The molecule has 1 aromatic heterocycles. The van der Waals surface area contributed by atoms with Crippen molar-refractivity contribution in [1.82, 2.24) is 19.5 Å². The zero-order chi connectivity index (χ0) is 18.9. The number of halogens is 1. The molecule has 0 aliphatic carbocycles. The van der Waals surface area contributed by atoms with Crippen LogP contribution in [-0.4, -0.2) is 35.7 Å². The maximum Gasteiger partial charge on any atom is 0.255 e. The number of aromatic nitrogens is 3. The number of aryl methyl sites for hydroxylation is 2. The van der Waals surface area contributed by atoms with Gasteiger partial charge in [-0.15, -0.1) is 0 Å². The van der Waals surface area contributed by atoms with Crippen LogP contribution in [0.2, 0.25) is 5.02 Å². The lowest BCUT2D eigenvalue weighted by molar-refractivity contribution is -0.120. The third-order valence-corrected chi connectivity index (χ3v) is 5.57. The molecule has 2 aromatic rings. The van der Waals surface area contributed by atoms with E-state index in [0.717, 1.165) is 6.42 Å². The van der Waals surface area contributed by atoms with Gasteiger partial charge in [0.2, 0.25) is 10.0 Å². The second-order valence-corrected chi connectivity index (χ2v) is 8.02. The van der Waals surface area contributed by atoms with Crippen LogP contribution in [0.4, 0.5) is 0 Å². The van der Waals surface area contributed by atoms with Crippen molar-refractivity contribution in [3.05, 3.63) is 34.9 Å². The summed E-state index contributed by atoms with van der Waals surface area (Å²) in [6.45, 7) is 2.00. The standard InChI is InChI=1S/C15H18ClN5O4S/c1-9-18-15-11(3-2-6-21(15)19-9)20-26(23,24)13-7-10(16)4-5-12(13)25-8-14(17)22/h4-5,7,11,20H,2-3,6,8H2,1H3,(H2,17,22). The smallest absolute Gasteiger partial charge is 0.255 e. The third-order valence-electron chi connectivity index (χ3n) is 3.84. The van der Waals surface area contributed by atoms with Crippen LogP contribution in [0.3, 0.4) is 0 Å². The SMILES string of the molecule is Cc1nc2n(n1)CCCC2NS(=O)(=O)c1cc(Cl)ccc1OCC(N)=O. The molecule has 1 aromatic carbocycles. The molecule has 140 valence electrons. The number of nitrogens with two attached hydrogens (primary N) is 1. The lowest BCUT2D eigenvalue weighted by Gasteiger charge is -2.23. The number of carbonyl (C=O) groups excluding carboxylic acids is 1. The average Bonchev–Trinajstić information content (AvgIpc) is 2.94. The Labute approximate surface area is 155 Å². The van der Waals surface area contributed by atoms with Gasteiger partial charge in [-0.2, -0.15) is 5.10 Å². The molecule has 11 heteroatoms. The fraction of sp³-hybridized carbons (Fsp3) is 0.400. The number of fused-ring (bicyclic) bond motifs is 1. The van der Waals surface area contributed by atoms with E-state index in [1.807, 2.05) is 0 Å². The molecular formula is C15H18ClN5O4S. The Kier molecular flexibility index (Phi) is 5.17. The summed E-state index contributed by atoms with van der Waals surface area (Å²) in [5.74, 6) is 0.430. The molecule has 0 spiro atoms. The molecule has 1 amide bonds. The molecular weight excluding hydrogens is 382 g/mol. The molecule has 0 fully saturated rings. The van der Waals surface area contributed by atoms with Crippen molar-refractivity contribution in [1.29, 1.82) is 0 Å². The van der Waals surface area contributed by atoms with Crippen LogP contribution in [0.25, 0.3) is 0 Å². The van der Waals surface area contributed by atoms with E-state index in [-0.39, 0.29) is 15.7 Å². The summed E-state index contributed by atoms with van der Waals surface area (Å²) in [5, 5.41) is 4.48. The first-order chi connectivity index (χ1) is 12.3. The first-order valence-electron chi connectivity index (χ1n) is 7.90. The van der Waals surface area contributed by atoms with Gasteiger partial charge < -0.3 is 10.5 Å². The highest BCUT2D eigenvalue weighted by Crippen LogP contribution is 2.30. The molecule has 1 unspecified atom stereocenters. The van der Waals surface area contributed by atoms with Gasteiger partial charge in [0, 0.05) is 11.6 Å². The Morgan fingerprint density at radius 1 is 1.50 bits per heavy atom. The Balaban J connectivity index is 1.91. The molecule has 0 saturated heterocycles. The number of hydrogen-bond donors (Lipinski definition) is 2. The first-order valence-corrected chi connectivity index (χ1v) is 9.77. The minimum atomic E-state index is -3.99. The number of carbonyl (C=O) groups is 1. The quantitative estimate of drug-likeness (QED) is 0.742. The maximum atomic E-state index is 12.9. The molecule has 3 N–H and O–H groups in total. The first kappa shape index (κ1) is 18.6. The molecule has 1 atom stereocenters. The Bertz CT molecular complexity index is 944. The van der Waals surface area contributed by atoms with E-state index in [1.54, 1.807) is 11.6 Å². The van der Waals surface area contributed by atoms with Crippen molar-refractivity contribution in [2.75, 3.05) is 6.61 Å². The number of ether oxygens (including phenoxy) is 1. The minimum absolute atomic E-state index is 0.00541. The van der Waals surface area contributed by atoms with Crippen LogP contribution in [0, 0.1) is 6.92 Å². The fourth-order valence-electron chi connectivity index (χ4n) is 2.79. The Hall–Kier alpha value is -2.17. The number of rotatable bonds is 6. The van der Waals surface area contributed by atoms with Crippen molar-refractivity contribution in [2.24, 2.45) is 5.73 Å². The number of amides is 1. The largest absolute Gasteiger partial charge is 0.482 e. The molecule has 0 saturated carbocycles. The van der Waals surface area contributed by atoms with Crippen LogP contribution in [0.1, 0.15) is 30.5 Å².